The van der Waals surface area contributed by atoms with Gasteiger partial charge in [-0.15, -0.1) is 0 Å². The summed E-state index contributed by atoms with van der Waals surface area (Å²) in [5.41, 5.74) is 6.40. The Morgan fingerprint density at radius 3 is 2.81 bits per heavy atom. The van der Waals surface area contributed by atoms with Gasteiger partial charge < -0.3 is 20.1 Å². The Balaban J connectivity index is 2.08. The second-order valence-corrected chi connectivity index (χ2v) is 5.68. The van der Waals surface area contributed by atoms with Crippen LogP contribution in [-0.2, 0) is 4.79 Å². The lowest BCUT2D eigenvalue weighted by molar-refractivity contribution is -0.121. The van der Waals surface area contributed by atoms with Crippen molar-refractivity contribution < 1.29 is 14.3 Å². The lowest BCUT2D eigenvalue weighted by atomic mass is 9.95. The van der Waals surface area contributed by atoms with Gasteiger partial charge in [0.15, 0.2) is 0 Å². The predicted molar refractivity (Wildman–Crippen MR) is 82.8 cm³/mol. The molecule has 0 radical (unpaired) electrons. The molecule has 1 heterocycles. The Labute approximate surface area is 126 Å². The number of rotatable bonds is 6. The highest BCUT2D eigenvalue weighted by Crippen LogP contribution is 2.36. The Morgan fingerprint density at radius 1 is 1.43 bits per heavy atom. The van der Waals surface area contributed by atoms with Crippen molar-refractivity contribution in [1.82, 2.24) is 0 Å². The number of ether oxygens (including phenoxy) is 2. The van der Waals surface area contributed by atoms with Crippen LogP contribution in [0.4, 0.5) is 5.69 Å². The molecule has 1 saturated heterocycles. The van der Waals surface area contributed by atoms with Crippen LogP contribution < -0.4 is 20.1 Å². The summed E-state index contributed by atoms with van der Waals surface area (Å²) >= 11 is 0. The lowest BCUT2D eigenvalue weighted by Gasteiger charge is -2.22. The first-order valence-electron chi connectivity index (χ1n) is 7.31. The molecule has 116 valence electrons. The van der Waals surface area contributed by atoms with E-state index < -0.39 is 0 Å². The molecular weight excluding hydrogens is 268 g/mol. The Morgan fingerprint density at radius 2 is 2.19 bits per heavy atom. The fourth-order valence-electron chi connectivity index (χ4n) is 2.90. The summed E-state index contributed by atoms with van der Waals surface area (Å²) in [6, 6.07) is 5.82. The van der Waals surface area contributed by atoms with Crippen molar-refractivity contribution in [2.24, 2.45) is 17.6 Å². The molecule has 1 fully saturated rings. The van der Waals surface area contributed by atoms with Gasteiger partial charge in [0.05, 0.1) is 19.9 Å². The van der Waals surface area contributed by atoms with Crippen LogP contribution in [0.25, 0.3) is 0 Å². The summed E-state index contributed by atoms with van der Waals surface area (Å²) in [5.74, 6) is 1.87. The molecule has 1 aliphatic rings. The molecule has 1 aliphatic heterocycles. The van der Waals surface area contributed by atoms with Crippen molar-refractivity contribution >= 4 is 11.6 Å². The zero-order chi connectivity index (χ0) is 15.4. The minimum atomic E-state index is -0.215. The molecule has 0 aromatic heterocycles. The highest BCUT2D eigenvalue weighted by Gasteiger charge is 2.27. The third kappa shape index (κ3) is 3.60. The van der Waals surface area contributed by atoms with Crippen LogP contribution in [0, 0.1) is 11.8 Å². The maximum atomic E-state index is 11.2. The fraction of sp³-hybridized carbons (Fsp3) is 0.562. The van der Waals surface area contributed by atoms with Crippen molar-refractivity contribution in [3.63, 3.8) is 0 Å². The third-order valence-corrected chi connectivity index (χ3v) is 4.19. The van der Waals surface area contributed by atoms with Crippen molar-refractivity contribution in [3.8, 4) is 11.5 Å². The summed E-state index contributed by atoms with van der Waals surface area (Å²) in [5, 5.41) is 0. The number of carbonyl (C=O) groups excluding carboxylic acids is 1. The number of hydrogen-bond donors (Lipinski definition) is 1. The van der Waals surface area contributed by atoms with E-state index in [1.165, 1.54) is 0 Å². The van der Waals surface area contributed by atoms with Gasteiger partial charge in [0, 0.05) is 25.1 Å². The molecule has 5 nitrogen and oxygen atoms in total. The average molecular weight is 292 g/mol. The van der Waals surface area contributed by atoms with Gasteiger partial charge in [-0.05, 0) is 30.9 Å². The third-order valence-electron chi connectivity index (χ3n) is 4.19. The van der Waals surface area contributed by atoms with E-state index in [1.807, 2.05) is 25.1 Å². The largest absolute Gasteiger partial charge is 0.497 e. The van der Waals surface area contributed by atoms with E-state index in [2.05, 4.69) is 4.90 Å². The number of methoxy groups -OCH3 is 2. The first kappa shape index (κ1) is 15.5. The van der Waals surface area contributed by atoms with Crippen LogP contribution in [0.2, 0.25) is 0 Å². The molecule has 2 rings (SSSR count). The first-order chi connectivity index (χ1) is 10.0. The van der Waals surface area contributed by atoms with Crippen molar-refractivity contribution in [1.29, 1.82) is 0 Å². The molecule has 2 N–H and O–H groups in total. The van der Waals surface area contributed by atoms with Crippen LogP contribution in [0.5, 0.6) is 11.5 Å². The molecule has 21 heavy (non-hydrogen) atoms. The molecule has 5 heteroatoms. The highest BCUT2D eigenvalue weighted by atomic mass is 16.5. The number of nitrogens with two attached hydrogens (primary N) is 1. The van der Waals surface area contributed by atoms with Crippen LogP contribution in [0.1, 0.15) is 19.8 Å². The second kappa shape index (κ2) is 6.70. The van der Waals surface area contributed by atoms with Crippen molar-refractivity contribution in [2.75, 3.05) is 32.2 Å². The second-order valence-electron chi connectivity index (χ2n) is 5.68. The summed E-state index contributed by atoms with van der Waals surface area (Å²) in [6.45, 7) is 3.78. The molecular formula is C16H24N2O3. The van der Waals surface area contributed by atoms with Gasteiger partial charge in [0.2, 0.25) is 5.91 Å². The van der Waals surface area contributed by atoms with Gasteiger partial charge in [-0.25, -0.2) is 0 Å². The lowest BCUT2D eigenvalue weighted by Crippen LogP contribution is -2.25. The normalized spacial score (nSPS) is 19.4. The van der Waals surface area contributed by atoms with E-state index >= 15 is 0 Å². The minimum absolute atomic E-state index is 0.0674. The molecule has 2 atom stereocenters. The topological polar surface area (TPSA) is 64.8 Å². The number of amides is 1. The smallest absolute Gasteiger partial charge is 0.220 e. The maximum absolute atomic E-state index is 11.2. The Bertz CT molecular complexity index is 504. The minimum Gasteiger partial charge on any atom is -0.497 e. The van der Waals surface area contributed by atoms with Gasteiger partial charge in [-0.3, -0.25) is 4.79 Å². The highest BCUT2D eigenvalue weighted by molar-refractivity contribution is 5.76. The van der Waals surface area contributed by atoms with E-state index in [1.54, 1.807) is 14.2 Å². The van der Waals surface area contributed by atoms with E-state index in [9.17, 15) is 4.79 Å². The summed E-state index contributed by atoms with van der Waals surface area (Å²) < 4.78 is 10.7. The maximum Gasteiger partial charge on any atom is 0.220 e. The van der Waals surface area contributed by atoms with Crippen LogP contribution in [-0.4, -0.2) is 33.2 Å². The van der Waals surface area contributed by atoms with E-state index in [-0.39, 0.29) is 11.8 Å². The molecule has 0 bridgehead atoms. The average Bonchev–Trinajstić information content (AvgIpc) is 2.94. The molecule has 1 aromatic carbocycles. The van der Waals surface area contributed by atoms with Crippen LogP contribution in [0.15, 0.2) is 18.2 Å². The van der Waals surface area contributed by atoms with Gasteiger partial charge in [0.25, 0.3) is 0 Å². The summed E-state index contributed by atoms with van der Waals surface area (Å²) in [4.78, 5) is 13.5. The zero-order valence-electron chi connectivity index (χ0n) is 13.0. The molecule has 0 aliphatic carbocycles. The number of carbonyl (C=O) groups is 1. The number of nitrogens with zero attached hydrogens (tertiary/aromatic N) is 1. The SMILES string of the molecule is COc1ccc(OC)c(N2CCC(CC(C)C(N)=O)C2)c1. The first-order valence-corrected chi connectivity index (χ1v) is 7.31. The van der Waals surface area contributed by atoms with E-state index in [4.69, 9.17) is 15.2 Å². The number of benzene rings is 1. The van der Waals surface area contributed by atoms with E-state index in [0.29, 0.717) is 5.92 Å². The number of hydrogen-bond acceptors (Lipinski definition) is 4. The fourth-order valence-corrected chi connectivity index (χ4v) is 2.90. The van der Waals surface area contributed by atoms with E-state index in [0.717, 1.165) is 43.1 Å². The van der Waals surface area contributed by atoms with Gasteiger partial charge in [-0.2, -0.15) is 0 Å². The van der Waals surface area contributed by atoms with Crippen molar-refractivity contribution in [2.45, 2.75) is 19.8 Å². The van der Waals surface area contributed by atoms with Gasteiger partial charge >= 0.3 is 0 Å². The predicted octanol–water partition coefficient (Wildman–Crippen LogP) is 2.04. The number of anilines is 1. The van der Waals surface area contributed by atoms with Gasteiger partial charge in [0.1, 0.15) is 11.5 Å². The van der Waals surface area contributed by atoms with Crippen LogP contribution >= 0.6 is 0 Å². The summed E-state index contributed by atoms with van der Waals surface area (Å²) in [7, 11) is 3.33. The number of primary amides is 1. The van der Waals surface area contributed by atoms with Crippen molar-refractivity contribution in [3.05, 3.63) is 18.2 Å². The zero-order valence-corrected chi connectivity index (χ0v) is 13.0. The Hall–Kier alpha value is -1.91. The van der Waals surface area contributed by atoms with Crippen LogP contribution in [0.3, 0.4) is 0 Å². The molecule has 1 aromatic rings. The van der Waals surface area contributed by atoms with Gasteiger partial charge in [-0.1, -0.05) is 6.92 Å². The molecule has 0 spiro atoms. The molecule has 1 amide bonds. The standard InChI is InChI=1S/C16H24N2O3/c1-11(16(17)19)8-12-6-7-18(10-12)14-9-13(20-2)4-5-15(14)21-3/h4-5,9,11-12H,6-8,10H2,1-3H3,(H2,17,19). The molecule has 0 saturated carbocycles. The molecule has 2 unspecified atom stereocenters. The monoisotopic (exact) mass is 292 g/mol. The summed E-state index contributed by atoms with van der Waals surface area (Å²) in [6.07, 6.45) is 1.91. The Kier molecular flexibility index (Phi) is 4.94. The quantitative estimate of drug-likeness (QED) is 0.871.